The molecule has 0 saturated heterocycles. The Balaban J connectivity index is 2.24. The van der Waals surface area contributed by atoms with Gasteiger partial charge in [-0.2, -0.15) is 0 Å². The molecule has 1 aliphatic rings. The van der Waals surface area contributed by atoms with Crippen LogP contribution in [0.3, 0.4) is 0 Å². The van der Waals surface area contributed by atoms with E-state index in [4.69, 9.17) is 5.73 Å². The fourth-order valence-corrected chi connectivity index (χ4v) is 2.03. The van der Waals surface area contributed by atoms with Crippen LogP contribution in [0, 0.1) is 0 Å². The third kappa shape index (κ3) is 3.65. The summed E-state index contributed by atoms with van der Waals surface area (Å²) in [5.41, 5.74) is 6.27. The maximum absolute atomic E-state index is 5.89. The molecule has 3 N–H and O–H groups in total. The highest BCUT2D eigenvalue weighted by atomic mass is 15.0. The van der Waals surface area contributed by atoms with Crippen LogP contribution in [0.15, 0.2) is 0 Å². The summed E-state index contributed by atoms with van der Waals surface area (Å²) >= 11 is 0. The summed E-state index contributed by atoms with van der Waals surface area (Å²) in [7, 11) is 0. The highest BCUT2D eigenvalue weighted by Crippen LogP contribution is 2.27. The first-order valence-corrected chi connectivity index (χ1v) is 5.67. The molecule has 0 radical (unpaired) electrons. The van der Waals surface area contributed by atoms with Crippen molar-refractivity contribution >= 4 is 0 Å². The van der Waals surface area contributed by atoms with Gasteiger partial charge in [-0.05, 0) is 26.2 Å². The van der Waals surface area contributed by atoms with Gasteiger partial charge >= 0.3 is 0 Å². The minimum Gasteiger partial charge on any atom is -0.327 e. The zero-order valence-corrected chi connectivity index (χ0v) is 9.10. The van der Waals surface area contributed by atoms with Crippen molar-refractivity contribution in [2.75, 3.05) is 6.54 Å². The zero-order valence-electron chi connectivity index (χ0n) is 9.10. The molecule has 1 aliphatic carbocycles. The largest absolute Gasteiger partial charge is 0.327 e. The fraction of sp³-hybridized carbons (Fsp3) is 1.00. The van der Waals surface area contributed by atoms with E-state index in [0.717, 1.165) is 13.0 Å². The van der Waals surface area contributed by atoms with Crippen molar-refractivity contribution in [2.24, 2.45) is 5.73 Å². The Morgan fingerprint density at radius 1 is 1.31 bits per heavy atom. The zero-order chi connectivity index (χ0) is 9.73. The van der Waals surface area contributed by atoms with Crippen molar-refractivity contribution in [3.05, 3.63) is 0 Å². The number of rotatable bonds is 4. The predicted octanol–water partition coefficient (Wildman–Crippen LogP) is 2.04. The molecule has 0 amide bonds. The van der Waals surface area contributed by atoms with Gasteiger partial charge in [-0.15, -0.1) is 0 Å². The Hall–Kier alpha value is -0.0800. The molecule has 1 fully saturated rings. The number of nitrogens with one attached hydrogen (secondary N) is 1. The van der Waals surface area contributed by atoms with E-state index in [-0.39, 0.29) is 0 Å². The molecule has 0 heterocycles. The van der Waals surface area contributed by atoms with E-state index in [9.17, 15) is 0 Å². The van der Waals surface area contributed by atoms with E-state index in [1.807, 2.05) is 0 Å². The molecule has 1 saturated carbocycles. The highest BCUT2D eigenvalue weighted by Gasteiger charge is 2.25. The Bertz CT molecular complexity index is 139. The molecule has 0 aliphatic heterocycles. The molecule has 0 aromatic carbocycles. The van der Waals surface area contributed by atoms with Crippen LogP contribution in [-0.2, 0) is 0 Å². The summed E-state index contributed by atoms with van der Waals surface area (Å²) in [5.74, 6) is 0. The third-order valence-electron chi connectivity index (χ3n) is 3.27. The Labute approximate surface area is 82.3 Å². The molecular weight excluding hydrogens is 160 g/mol. The van der Waals surface area contributed by atoms with Crippen molar-refractivity contribution in [1.82, 2.24) is 5.32 Å². The molecule has 13 heavy (non-hydrogen) atoms. The van der Waals surface area contributed by atoms with Crippen LogP contribution in [0.5, 0.6) is 0 Å². The van der Waals surface area contributed by atoms with Crippen LogP contribution >= 0.6 is 0 Å². The van der Waals surface area contributed by atoms with Crippen LogP contribution in [-0.4, -0.2) is 18.1 Å². The van der Waals surface area contributed by atoms with E-state index >= 15 is 0 Å². The molecular formula is C11H24N2. The van der Waals surface area contributed by atoms with Crippen molar-refractivity contribution in [3.8, 4) is 0 Å². The third-order valence-corrected chi connectivity index (χ3v) is 3.27. The van der Waals surface area contributed by atoms with E-state index in [2.05, 4.69) is 19.2 Å². The first kappa shape index (κ1) is 11.0. The lowest BCUT2D eigenvalue weighted by atomic mass is 9.83. The standard InChI is InChI=1S/C11H24N2/c1-3-10(12)9-13-11(2)7-5-4-6-8-11/h10,13H,3-9,12H2,1-2H3. The Morgan fingerprint density at radius 3 is 2.46 bits per heavy atom. The van der Waals surface area contributed by atoms with Crippen molar-refractivity contribution < 1.29 is 0 Å². The van der Waals surface area contributed by atoms with Crippen LogP contribution < -0.4 is 11.1 Å². The van der Waals surface area contributed by atoms with E-state index in [1.54, 1.807) is 0 Å². The highest BCUT2D eigenvalue weighted by molar-refractivity contribution is 4.87. The predicted molar refractivity (Wildman–Crippen MR) is 57.8 cm³/mol. The van der Waals surface area contributed by atoms with Gasteiger partial charge in [-0.1, -0.05) is 26.2 Å². The molecule has 1 atom stereocenters. The quantitative estimate of drug-likeness (QED) is 0.701. The van der Waals surface area contributed by atoms with Gasteiger partial charge in [0.25, 0.3) is 0 Å². The summed E-state index contributed by atoms with van der Waals surface area (Å²) in [5, 5.41) is 3.62. The number of hydrogen-bond donors (Lipinski definition) is 2. The maximum Gasteiger partial charge on any atom is 0.0162 e. The SMILES string of the molecule is CCC(N)CNC1(C)CCCCC1. The normalized spacial score (nSPS) is 24.2. The minimum atomic E-state index is 0.332. The Morgan fingerprint density at radius 2 is 1.92 bits per heavy atom. The molecule has 0 aromatic heterocycles. The molecule has 0 aromatic rings. The second kappa shape index (κ2) is 4.97. The minimum absolute atomic E-state index is 0.332. The van der Waals surface area contributed by atoms with Crippen molar-refractivity contribution in [2.45, 2.75) is 64.0 Å². The summed E-state index contributed by atoms with van der Waals surface area (Å²) in [6.07, 6.45) is 7.89. The van der Waals surface area contributed by atoms with Crippen LogP contribution in [0.4, 0.5) is 0 Å². The smallest absolute Gasteiger partial charge is 0.0162 e. The second-order valence-electron chi connectivity index (χ2n) is 4.67. The summed E-state index contributed by atoms with van der Waals surface area (Å²) < 4.78 is 0. The van der Waals surface area contributed by atoms with Gasteiger partial charge in [0.15, 0.2) is 0 Å². The second-order valence-corrected chi connectivity index (χ2v) is 4.67. The molecule has 0 spiro atoms. The fourth-order valence-electron chi connectivity index (χ4n) is 2.03. The lowest BCUT2D eigenvalue weighted by molar-refractivity contribution is 0.249. The average molecular weight is 184 g/mol. The molecule has 1 unspecified atom stereocenters. The van der Waals surface area contributed by atoms with Crippen LogP contribution in [0.25, 0.3) is 0 Å². The van der Waals surface area contributed by atoms with E-state index < -0.39 is 0 Å². The van der Waals surface area contributed by atoms with Gasteiger partial charge < -0.3 is 11.1 Å². The molecule has 0 bridgehead atoms. The molecule has 1 rings (SSSR count). The summed E-state index contributed by atoms with van der Waals surface area (Å²) in [6, 6.07) is 0.332. The first-order valence-electron chi connectivity index (χ1n) is 5.67. The topological polar surface area (TPSA) is 38.0 Å². The number of nitrogens with two attached hydrogens (primary N) is 1. The first-order chi connectivity index (χ1) is 6.16. The van der Waals surface area contributed by atoms with Crippen LogP contribution in [0.2, 0.25) is 0 Å². The lowest BCUT2D eigenvalue weighted by Crippen LogP contribution is -2.48. The summed E-state index contributed by atoms with van der Waals surface area (Å²) in [4.78, 5) is 0. The summed E-state index contributed by atoms with van der Waals surface area (Å²) in [6.45, 7) is 5.47. The molecule has 2 nitrogen and oxygen atoms in total. The monoisotopic (exact) mass is 184 g/mol. The van der Waals surface area contributed by atoms with Gasteiger partial charge in [-0.3, -0.25) is 0 Å². The number of hydrogen-bond acceptors (Lipinski definition) is 2. The van der Waals surface area contributed by atoms with Gasteiger partial charge in [-0.25, -0.2) is 0 Å². The van der Waals surface area contributed by atoms with Crippen molar-refractivity contribution in [3.63, 3.8) is 0 Å². The van der Waals surface area contributed by atoms with Crippen LogP contribution in [0.1, 0.15) is 52.4 Å². The van der Waals surface area contributed by atoms with Gasteiger partial charge in [0, 0.05) is 18.1 Å². The maximum atomic E-state index is 5.89. The van der Waals surface area contributed by atoms with Gasteiger partial charge in [0.2, 0.25) is 0 Å². The van der Waals surface area contributed by atoms with Gasteiger partial charge in [0.05, 0.1) is 0 Å². The Kier molecular flexibility index (Phi) is 4.20. The lowest BCUT2D eigenvalue weighted by Gasteiger charge is -2.35. The van der Waals surface area contributed by atoms with Gasteiger partial charge in [0.1, 0.15) is 0 Å². The average Bonchev–Trinajstić information content (AvgIpc) is 2.15. The van der Waals surface area contributed by atoms with E-state index in [1.165, 1.54) is 32.1 Å². The molecule has 78 valence electrons. The van der Waals surface area contributed by atoms with E-state index in [0.29, 0.717) is 11.6 Å². The van der Waals surface area contributed by atoms with Crippen molar-refractivity contribution in [1.29, 1.82) is 0 Å². The molecule has 2 heteroatoms.